The molecule has 1 N–H and O–H groups in total. The fourth-order valence-electron chi connectivity index (χ4n) is 2.81. The Bertz CT molecular complexity index is 927. The van der Waals surface area contributed by atoms with Gasteiger partial charge in [0.15, 0.2) is 0 Å². The number of pyridine rings is 1. The summed E-state index contributed by atoms with van der Waals surface area (Å²) < 4.78 is 5.41. The van der Waals surface area contributed by atoms with Gasteiger partial charge in [-0.05, 0) is 57.0 Å². The van der Waals surface area contributed by atoms with Gasteiger partial charge in [0.2, 0.25) is 0 Å². The molecule has 0 aliphatic carbocycles. The predicted octanol–water partition coefficient (Wildman–Crippen LogP) is 5.56. The second-order valence-corrected chi connectivity index (χ2v) is 7.00. The van der Waals surface area contributed by atoms with E-state index < -0.39 is 11.7 Å². The lowest BCUT2D eigenvalue weighted by Crippen LogP contribution is -2.27. The highest BCUT2D eigenvalue weighted by atomic mass is 16.6. The van der Waals surface area contributed by atoms with Gasteiger partial charge in [0.1, 0.15) is 5.60 Å². The molecular formula is C21H22N2O2. The van der Waals surface area contributed by atoms with Gasteiger partial charge < -0.3 is 4.74 Å². The van der Waals surface area contributed by atoms with Gasteiger partial charge in [-0.1, -0.05) is 30.3 Å². The molecule has 3 aromatic rings. The van der Waals surface area contributed by atoms with Gasteiger partial charge in [0.25, 0.3) is 0 Å². The molecule has 1 amide bonds. The van der Waals surface area contributed by atoms with Crippen molar-refractivity contribution in [3.63, 3.8) is 0 Å². The molecule has 0 spiro atoms. The Morgan fingerprint density at radius 1 is 1.04 bits per heavy atom. The molecule has 128 valence electrons. The molecule has 0 radical (unpaired) electrons. The number of hydrogen-bond donors (Lipinski definition) is 1. The summed E-state index contributed by atoms with van der Waals surface area (Å²) in [7, 11) is 0. The summed E-state index contributed by atoms with van der Waals surface area (Å²) in [6.45, 7) is 7.60. The van der Waals surface area contributed by atoms with Crippen LogP contribution in [0.1, 0.15) is 26.3 Å². The number of aromatic nitrogens is 1. The van der Waals surface area contributed by atoms with Gasteiger partial charge in [-0.2, -0.15) is 0 Å². The molecule has 4 nitrogen and oxygen atoms in total. The summed E-state index contributed by atoms with van der Waals surface area (Å²) in [6, 6.07) is 15.8. The van der Waals surface area contributed by atoms with Crippen LogP contribution in [-0.2, 0) is 4.74 Å². The second kappa shape index (κ2) is 6.55. The molecule has 0 atom stereocenters. The highest BCUT2D eigenvalue weighted by Gasteiger charge is 2.19. The molecule has 1 aromatic heterocycles. The Morgan fingerprint density at radius 3 is 2.52 bits per heavy atom. The number of ether oxygens (including phenoxy) is 1. The van der Waals surface area contributed by atoms with Crippen LogP contribution in [-0.4, -0.2) is 16.7 Å². The van der Waals surface area contributed by atoms with E-state index in [0.717, 1.165) is 27.6 Å². The first-order chi connectivity index (χ1) is 11.8. The van der Waals surface area contributed by atoms with Crippen LogP contribution in [0.4, 0.5) is 10.5 Å². The number of rotatable bonds is 2. The summed E-state index contributed by atoms with van der Waals surface area (Å²) >= 11 is 0. The number of aryl methyl sites for hydroxylation is 1. The summed E-state index contributed by atoms with van der Waals surface area (Å²) in [4.78, 5) is 16.7. The number of nitrogens with zero attached hydrogens (tertiary/aromatic N) is 1. The molecule has 0 aliphatic heterocycles. The Balaban J connectivity index is 2.14. The average molecular weight is 334 g/mol. The maximum atomic E-state index is 12.3. The lowest BCUT2D eigenvalue weighted by molar-refractivity contribution is 0.0636. The van der Waals surface area contributed by atoms with Crippen molar-refractivity contribution in [1.82, 2.24) is 4.98 Å². The molecule has 25 heavy (non-hydrogen) atoms. The molecule has 0 unspecified atom stereocenters. The third kappa shape index (κ3) is 3.79. The number of anilines is 1. The van der Waals surface area contributed by atoms with Crippen molar-refractivity contribution >= 4 is 22.7 Å². The van der Waals surface area contributed by atoms with Crippen LogP contribution < -0.4 is 5.32 Å². The van der Waals surface area contributed by atoms with Crippen molar-refractivity contribution in [3.05, 3.63) is 60.3 Å². The normalized spacial score (nSPS) is 11.4. The number of hydrogen-bond acceptors (Lipinski definition) is 3. The molecule has 0 saturated heterocycles. The van der Waals surface area contributed by atoms with Gasteiger partial charge in [0.05, 0.1) is 11.2 Å². The number of carbonyl (C=O) groups excluding carboxylic acids is 1. The summed E-state index contributed by atoms with van der Waals surface area (Å²) in [5.74, 6) is 0. The van der Waals surface area contributed by atoms with Crippen LogP contribution in [0.15, 0.2) is 54.7 Å². The van der Waals surface area contributed by atoms with Gasteiger partial charge in [0, 0.05) is 17.1 Å². The minimum Gasteiger partial charge on any atom is -0.444 e. The van der Waals surface area contributed by atoms with E-state index in [1.165, 1.54) is 0 Å². The van der Waals surface area contributed by atoms with E-state index in [4.69, 9.17) is 4.74 Å². The minimum absolute atomic E-state index is 0.467. The van der Waals surface area contributed by atoms with Crippen LogP contribution >= 0.6 is 0 Å². The Morgan fingerprint density at radius 2 is 1.80 bits per heavy atom. The van der Waals surface area contributed by atoms with Crippen LogP contribution in [0.3, 0.4) is 0 Å². The second-order valence-electron chi connectivity index (χ2n) is 7.00. The van der Waals surface area contributed by atoms with Crippen molar-refractivity contribution in [2.24, 2.45) is 0 Å². The molecule has 2 aromatic carbocycles. The lowest BCUT2D eigenvalue weighted by Gasteiger charge is -2.21. The van der Waals surface area contributed by atoms with Crippen LogP contribution in [0.5, 0.6) is 0 Å². The zero-order valence-corrected chi connectivity index (χ0v) is 15.0. The molecular weight excluding hydrogens is 312 g/mol. The highest BCUT2D eigenvalue weighted by molar-refractivity contribution is 6.05. The van der Waals surface area contributed by atoms with Crippen molar-refractivity contribution in [2.75, 3.05) is 5.32 Å². The topological polar surface area (TPSA) is 51.2 Å². The molecule has 1 heterocycles. The Labute approximate surface area is 147 Å². The van der Waals surface area contributed by atoms with Crippen molar-refractivity contribution in [3.8, 4) is 11.1 Å². The number of benzene rings is 2. The van der Waals surface area contributed by atoms with E-state index in [1.54, 1.807) is 6.20 Å². The van der Waals surface area contributed by atoms with Gasteiger partial charge >= 0.3 is 6.09 Å². The summed E-state index contributed by atoms with van der Waals surface area (Å²) in [5.41, 5.74) is 4.19. The van der Waals surface area contributed by atoms with Gasteiger partial charge in [-0.3, -0.25) is 10.3 Å². The third-order valence-corrected chi connectivity index (χ3v) is 3.84. The molecule has 4 heteroatoms. The van der Waals surface area contributed by atoms with Crippen molar-refractivity contribution < 1.29 is 9.53 Å². The standard InChI is InChI=1S/C21H22N2O2/c1-14-8-5-6-9-15(14)19-16-10-7-13-22-17(16)11-12-18(19)23-20(24)25-21(2,3)4/h5-13H,1-4H3,(H,23,24). The zero-order chi connectivity index (χ0) is 18.0. The largest absolute Gasteiger partial charge is 0.444 e. The summed E-state index contributed by atoms with van der Waals surface area (Å²) in [5, 5.41) is 3.89. The maximum Gasteiger partial charge on any atom is 0.412 e. The quantitative estimate of drug-likeness (QED) is 0.668. The first kappa shape index (κ1) is 17.0. The fraction of sp³-hybridized carbons (Fsp3) is 0.238. The average Bonchev–Trinajstić information content (AvgIpc) is 2.54. The van der Waals surface area contributed by atoms with Crippen LogP contribution in [0, 0.1) is 6.92 Å². The molecule has 0 bridgehead atoms. The Kier molecular flexibility index (Phi) is 4.45. The van der Waals surface area contributed by atoms with Crippen molar-refractivity contribution in [2.45, 2.75) is 33.3 Å². The minimum atomic E-state index is -0.550. The van der Waals surface area contributed by atoms with E-state index in [9.17, 15) is 4.79 Å². The number of fused-ring (bicyclic) bond motifs is 1. The SMILES string of the molecule is Cc1ccccc1-c1c(NC(=O)OC(C)(C)C)ccc2ncccc12. The highest BCUT2D eigenvalue weighted by Crippen LogP contribution is 2.36. The predicted molar refractivity (Wildman–Crippen MR) is 102 cm³/mol. The van der Waals surface area contributed by atoms with Crippen LogP contribution in [0.25, 0.3) is 22.0 Å². The summed E-state index contributed by atoms with van der Waals surface area (Å²) in [6.07, 6.45) is 1.30. The van der Waals surface area contributed by atoms with E-state index in [2.05, 4.69) is 29.4 Å². The maximum absolute atomic E-state index is 12.3. The fourth-order valence-corrected chi connectivity index (χ4v) is 2.81. The number of carbonyl (C=O) groups is 1. The van der Waals surface area contributed by atoms with Crippen LogP contribution in [0.2, 0.25) is 0 Å². The first-order valence-electron chi connectivity index (χ1n) is 8.29. The monoisotopic (exact) mass is 334 g/mol. The van der Waals surface area contributed by atoms with Crippen molar-refractivity contribution in [1.29, 1.82) is 0 Å². The lowest BCUT2D eigenvalue weighted by atomic mass is 9.95. The smallest absolute Gasteiger partial charge is 0.412 e. The third-order valence-electron chi connectivity index (χ3n) is 3.84. The van der Waals surface area contributed by atoms with Gasteiger partial charge in [-0.15, -0.1) is 0 Å². The van der Waals surface area contributed by atoms with Gasteiger partial charge in [-0.25, -0.2) is 4.79 Å². The van der Waals surface area contributed by atoms with E-state index in [0.29, 0.717) is 5.69 Å². The van der Waals surface area contributed by atoms with E-state index >= 15 is 0 Å². The number of amides is 1. The molecule has 3 rings (SSSR count). The molecule has 0 fully saturated rings. The first-order valence-corrected chi connectivity index (χ1v) is 8.29. The van der Waals surface area contributed by atoms with E-state index in [1.807, 2.05) is 57.2 Å². The van der Waals surface area contributed by atoms with E-state index in [-0.39, 0.29) is 0 Å². The molecule has 0 saturated carbocycles. The zero-order valence-electron chi connectivity index (χ0n) is 15.0. The molecule has 0 aliphatic rings. The number of nitrogens with one attached hydrogen (secondary N) is 1. The Hall–Kier alpha value is -2.88.